The Kier molecular flexibility index (Phi) is 33.0. The van der Waals surface area contributed by atoms with Gasteiger partial charge in [-0.15, -0.1) is 0 Å². The van der Waals surface area contributed by atoms with Gasteiger partial charge in [0.1, 0.15) is 6.61 Å². The number of allylic oxidation sites excluding steroid dienone is 6. The van der Waals surface area contributed by atoms with Crippen LogP contribution in [0.5, 0.6) is 0 Å². The number of hydrogen-bond acceptors (Lipinski definition) is 6. The second-order valence-corrected chi connectivity index (χ2v) is 14.9. The second kappa shape index (κ2) is 34.6. The lowest BCUT2D eigenvalue weighted by molar-refractivity contribution is -0.887. The van der Waals surface area contributed by atoms with E-state index in [-0.39, 0.29) is 36.2 Å². The van der Waals surface area contributed by atoms with E-state index >= 15 is 0 Å². The summed E-state index contributed by atoms with van der Waals surface area (Å²) in [6.07, 6.45) is 37.6. The molecule has 0 aromatic carbocycles. The van der Waals surface area contributed by atoms with E-state index in [1.54, 1.807) is 0 Å². The van der Waals surface area contributed by atoms with Crippen LogP contribution in [0.15, 0.2) is 36.5 Å². The summed E-state index contributed by atoms with van der Waals surface area (Å²) >= 11 is 0. The molecule has 296 valence electrons. The van der Waals surface area contributed by atoms with Gasteiger partial charge in [-0.05, 0) is 57.8 Å². The number of esters is 2. The van der Waals surface area contributed by atoms with E-state index in [4.69, 9.17) is 14.2 Å². The zero-order valence-corrected chi connectivity index (χ0v) is 33.6. The Morgan fingerprint density at radius 1 is 0.588 bits per heavy atom. The molecule has 51 heavy (non-hydrogen) atoms. The molecule has 2 atom stereocenters. The highest BCUT2D eigenvalue weighted by molar-refractivity contribution is 5.72. The summed E-state index contributed by atoms with van der Waals surface area (Å²) in [6.45, 7) is 4.63. The fourth-order valence-corrected chi connectivity index (χ4v) is 5.77. The number of aliphatic carboxylic acids is 1. The fraction of sp³-hybridized carbons (Fsp3) is 0.791. The van der Waals surface area contributed by atoms with Crippen molar-refractivity contribution in [3.05, 3.63) is 36.5 Å². The smallest absolute Gasteiger partial charge is 0.362 e. The molecule has 8 heteroatoms. The van der Waals surface area contributed by atoms with Gasteiger partial charge in [0.15, 0.2) is 12.1 Å². The molecule has 1 N–H and O–H groups in total. The third-order valence-electron chi connectivity index (χ3n) is 9.04. The Bertz CT molecular complexity index is 937. The lowest BCUT2D eigenvalue weighted by Gasteiger charge is -2.31. The van der Waals surface area contributed by atoms with Crippen LogP contribution in [0, 0.1) is 0 Å². The van der Waals surface area contributed by atoms with Crippen molar-refractivity contribution in [2.75, 3.05) is 41.0 Å². The molecule has 0 spiro atoms. The minimum absolute atomic E-state index is 0.0498. The number of rotatable bonds is 36. The van der Waals surface area contributed by atoms with Gasteiger partial charge in [-0.25, -0.2) is 4.79 Å². The van der Waals surface area contributed by atoms with Crippen LogP contribution in [-0.4, -0.2) is 80.6 Å². The molecule has 0 fully saturated rings. The molecule has 8 nitrogen and oxygen atoms in total. The van der Waals surface area contributed by atoms with Crippen LogP contribution in [0.4, 0.5) is 0 Å². The van der Waals surface area contributed by atoms with Gasteiger partial charge in [-0.1, -0.05) is 127 Å². The number of ether oxygens (including phenoxy) is 3. The van der Waals surface area contributed by atoms with E-state index < -0.39 is 18.1 Å². The highest BCUT2D eigenvalue weighted by Gasteiger charge is 2.31. The monoisotopic (exact) mass is 721 g/mol. The van der Waals surface area contributed by atoms with Gasteiger partial charge in [0.05, 0.1) is 34.4 Å². The molecule has 0 bridgehead atoms. The minimum Gasteiger partial charge on any atom is -0.477 e. The maximum atomic E-state index is 12.7. The number of carboxylic acids is 1. The predicted octanol–water partition coefficient (Wildman–Crippen LogP) is 10.7. The molecule has 0 saturated carbocycles. The van der Waals surface area contributed by atoms with E-state index in [9.17, 15) is 19.5 Å². The van der Waals surface area contributed by atoms with Crippen LogP contribution in [0.25, 0.3) is 0 Å². The largest absolute Gasteiger partial charge is 0.477 e. The molecular formula is C43H78NO7+. The summed E-state index contributed by atoms with van der Waals surface area (Å²) in [6, 6.07) is -0.618. The van der Waals surface area contributed by atoms with Crippen molar-refractivity contribution in [3.63, 3.8) is 0 Å². The van der Waals surface area contributed by atoms with Crippen LogP contribution in [0.3, 0.4) is 0 Å². The molecule has 2 unspecified atom stereocenters. The van der Waals surface area contributed by atoms with Gasteiger partial charge in [0.2, 0.25) is 0 Å². The van der Waals surface area contributed by atoms with E-state index in [1.807, 2.05) is 21.1 Å². The van der Waals surface area contributed by atoms with Gasteiger partial charge in [0.25, 0.3) is 0 Å². The Hall–Kier alpha value is -2.45. The number of likely N-dealkylation sites (N-methyl/N-ethyl adjacent to an activating group) is 1. The second-order valence-electron chi connectivity index (χ2n) is 14.9. The molecule has 0 aliphatic carbocycles. The topological polar surface area (TPSA) is 99.1 Å². The lowest BCUT2D eigenvalue weighted by Crippen LogP contribution is -2.50. The van der Waals surface area contributed by atoms with Crippen LogP contribution < -0.4 is 0 Å². The summed E-state index contributed by atoms with van der Waals surface area (Å²) in [7, 11) is 5.51. The number of quaternary nitrogens is 1. The fourth-order valence-electron chi connectivity index (χ4n) is 5.77. The van der Waals surface area contributed by atoms with Crippen LogP contribution >= 0.6 is 0 Å². The summed E-state index contributed by atoms with van der Waals surface area (Å²) in [5.41, 5.74) is 0. The first-order chi connectivity index (χ1) is 24.6. The zero-order valence-electron chi connectivity index (χ0n) is 33.6. The van der Waals surface area contributed by atoms with E-state index in [0.717, 1.165) is 64.2 Å². The van der Waals surface area contributed by atoms with Crippen molar-refractivity contribution in [1.29, 1.82) is 0 Å². The first-order valence-electron chi connectivity index (χ1n) is 20.5. The van der Waals surface area contributed by atoms with Crippen molar-refractivity contribution >= 4 is 17.9 Å². The number of nitrogens with zero attached hydrogens (tertiary/aromatic N) is 1. The molecule has 0 saturated heterocycles. The minimum atomic E-state index is -0.881. The maximum absolute atomic E-state index is 12.7. The Morgan fingerprint density at radius 3 is 1.61 bits per heavy atom. The van der Waals surface area contributed by atoms with Crippen LogP contribution in [-0.2, 0) is 28.6 Å². The summed E-state index contributed by atoms with van der Waals surface area (Å²) in [4.78, 5) is 36.8. The van der Waals surface area contributed by atoms with Gasteiger partial charge < -0.3 is 23.8 Å². The normalized spacial score (nSPS) is 13.4. The number of carboxylic acid groups (broad SMARTS) is 1. The van der Waals surface area contributed by atoms with E-state index in [1.165, 1.54) is 70.6 Å². The van der Waals surface area contributed by atoms with Crippen LogP contribution in [0.2, 0.25) is 0 Å². The van der Waals surface area contributed by atoms with Gasteiger partial charge in [-0.2, -0.15) is 0 Å². The van der Waals surface area contributed by atoms with Crippen molar-refractivity contribution in [2.24, 2.45) is 0 Å². The molecular weight excluding hydrogens is 642 g/mol. The van der Waals surface area contributed by atoms with Gasteiger partial charge >= 0.3 is 17.9 Å². The standard InChI is InChI=1S/C43H77NO7/c1-6-8-10-12-14-16-18-19-20-21-22-24-26-28-30-32-34-42(46)51-39(37-49-36-35-40(43(47)48)44(3,4)5)38-50-41(45)33-31-29-27-25-23-17-15-13-11-9-7-2/h13,15,17,20-21,23,39-40H,6-12,14,16,18-19,22,24-38H2,1-5H3/p+1/b15-13+,21-20+,23-17+. The number of carbonyl (C=O) groups is 3. The Balaban J connectivity index is 4.42. The summed E-state index contributed by atoms with van der Waals surface area (Å²) in [5.74, 6) is -1.52. The summed E-state index contributed by atoms with van der Waals surface area (Å²) in [5, 5.41) is 9.59. The molecule has 0 heterocycles. The quantitative estimate of drug-likeness (QED) is 0.0226. The molecule has 0 rings (SSSR count). The first kappa shape index (κ1) is 48.5. The average Bonchev–Trinajstić information content (AvgIpc) is 3.08. The average molecular weight is 721 g/mol. The van der Waals surface area contributed by atoms with Gasteiger partial charge in [0, 0.05) is 19.3 Å². The Morgan fingerprint density at radius 2 is 1.06 bits per heavy atom. The molecule has 0 aromatic rings. The molecule has 0 aliphatic heterocycles. The third-order valence-corrected chi connectivity index (χ3v) is 9.04. The summed E-state index contributed by atoms with van der Waals surface area (Å²) < 4.78 is 17.2. The number of unbranched alkanes of at least 4 members (excludes halogenated alkanes) is 17. The number of hydrogen-bond donors (Lipinski definition) is 1. The highest BCUT2D eigenvalue weighted by atomic mass is 16.6. The predicted molar refractivity (Wildman–Crippen MR) is 211 cm³/mol. The van der Waals surface area contributed by atoms with Crippen molar-refractivity contribution in [3.8, 4) is 0 Å². The van der Waals surface area contributed by atoms with E-state index in [0.29, 0.717) is 19.3 Å². The van der Waals surface area contributed by atoms with Crippen molar-refractivity contribution < 1.29 is 38.2 Å². The van der Waals surface area contributed by atoms with E-state index in [2.05, 4.69) is 50.3 Å². The first-order valence-corrected chi connectivity index (χ1v) is 20.5. The molecule has 0 radical (unpaired) electrons. The zero-order chi connectivity index (χ0) is 37.8. The van der Waals surface area contributed by atoms with Crippen molar-refractivity contribution in [1.82, 2.24) is 0 Å². The molecule has 0 amide bonds. The molecule has 0 aliphatic rings. The van der Waals surface area contributed by atoms with Gasteiger partial charge in [-0.3, -0.25) is 9.59 Å². The third kappa shape index (κ3) is 33.2. The molecule has 0 aromatic heterocycles. The maximum Gasteiger partial charge on any atom is 0.362 e. The van der Waals surface area contributed by atoms with Crippen LogP contribution in [0.1, 0.15) is 168 Å². The number of carbonyl (C=O) groups excluding carboxylic acids is 2. The highest BCUT2D eigenvalue weighted by Crippen LogP contribution is 2.13. The lowest BCUT2D eigenvalue weighted by atomic mass is 10.1. The SMILES string of the molecule is CCCC/C=C/C=C/CCCCCC(=O)OCC(COCCC(C(=O)O)[N+](C)(C)C)OC(=O)CCCCCCC/C=C/CCCCCCCCC. The Labute approximate surface area is 313 Å². The van der Waals surface area contributed by atoms with Crippen molar-refractivity contribution in [2.45, 2.75) is 180 Å².